The number of sulfonamides is 1. The minimum absolute atomic E-state index is 0.0753. The fourth-order valence-corrected chi connectivity index (χ4v) is 4.24. The topological polar surface area (TPSA) is 104 Å². The average Bonchev–Trinajstić information content (AvgIpc) is 3.09. The lowest BCUT2D eigenvalue weighted by Crippen LogP contribution is -2.26. The van der Waals surface area contributed by atoms with Crippen molar-refractivity contribution in [2.24, 2.45) is 0 Å². The summed E-state index contributed by atoms with van der Waals surface area (Å²) in [6, 6.07) is 9.88. The Morgan fingerprint density at radius 3 is 2.35 bits per heavy atom. The van der Waals surface area contributed by atoms with Crippen LogP contribution in [0.1, 0.15) is 28.6 Å². The van der Waals surface area contributed by atoms with Crippen molar-refractivity contribution < 1.29 is 31.8 Å². The zero-order valence-corrected chi connectivity index (χ0v) is 18.7. The Bertz CT molecular complexity index is 1180. The van der Waals surface area contributed by atoms with E-state index < -0.39 is 16.0 Å². The second-order valence-corrected chi connectivity index (χ2v) is 8.57. The first-order valence-electron chi connectivity index (χ1n) is 9.71. The van der Waals surface area contributed by atoms with Crippen LogP contribution in [0.2, 0.25) is 0 Å². The zero-order chi connectivity index (χ0) is 22.6. The largest absolute Gasteiger partial charge is 0.497 e. The van der Waals surface area contributed by atoms with Gasteiger partial charge in [-0.1, -0.05) is 0 Å². The predicted molar refractivity (Wildman–Crippen MR) is 115 cm³/mol. The highest BCUT2D eigenvalue weighted by Gasteiger charge is 2.21. The standard InChI is InChI=1S/C22H25NO7S/c1-5-29-22(24)21-14(2)19-13-18(6-7-20(19)30-21)31(25,26)23-9-8-15-10-16(27-3)12-17(11-15)28-4/h6-7,10-13,23H,5,8-9H2,1-4H3. The summed E-state index contributed by atoms with van der Waals surface area (Å²) in [4.78, 5) is 12.1. The molecule has 1 aromatic heterocycles. The average molecular weight is 448 g/mol. The minimum Gasteiger partial charge on any atom is -0.497 e. The fourth-order valence-electron chi connectivity index (χ4n) is 3.18. The molecule has 0 fully saturated rings. The molecule has 0 spiro atoms. The van der Waals surface area contributed by atoms with Crippen molar-refractivity contribution in [3.8, 4) is 11.5 Å². The van der Waals surface area contributed by atoms with Crippen molar-refractivity contribution >= 4 is 27.0 Å². The first kappa shape index (κ1) is 22.6. The molecule has 0 atom stereocenters. The van der Waals surface area contributed by atoms with Gasteiger partial charge in [-0.3, -0.25) is 0 Å². The first-order valence-corrected chi connectivity index (χ1v) is 11.2. The van der Waals surface area contributed by atoms with E-state index in [0.29, 0.717) is 34.5 Å². The summed E-state index contributed by atoms with van der Waals surface area (Å²) in [5.74, 6) is 0.768. The fraction of sp³-hybridized carbons (Fsp3) is 0.318. The number of ether oxygens (including phenoxy) is 3. The maximum Gasteiger partial charge on any atom is 0.374 e. The van der Waals surface area contributed by atoms with Crippen LogP contribution in [0.15, 0.2) is 45.7 Å². The molecule has 8 nitrogen and oxygen atoms in total. The lowest BCUT2D eigenvalue weighted by Gasteiger charge is -2.10. The van der Waals surface area contributed by atoms with Gasteiger partial charge in [0.1, 0.15) is 17.1 Å². The van der Waals surface area contributed by atoms with Crippen LogP contribution < -0.4 is 14.2 Å². The number of hydrogen-bond donors (Lipinski definition) is 1. The van der Waals surface area contributed by atoms with Crippen molar-refractivity contribution in [1.82, 2.24) is 4.72 Å². The quantitative estimate of drug-likeness (QED) is 0.501. The van der Waals surface area contributed by atoms with Gasteiger partial charge in [-0.05, 0) is 56.2 Å². The minimum atomic E-state index is -3.76. The maximum atomic E-state index is 12.8. The number of carbonyl (C=O) groups is 1. The lowest BCUT2D eigenvalue weighted by molar-refractivity contribution is 0.0491. The van der Waals surface area contributed by atoms with E-state index in [9.17, 15) is 13.2 Å². The molecule has 0 aliphatic carbocycles. The van der Waals surface area contributed by atoms with Crippen LogP contribution in [0.3, 0.4) is 0 Å². The van der Waals surface area contributed by atoms with Gasteiger partial charge in [0, 0.05) is 23.6 Å². The smallest absolute Gasteiger partial charge is 0.374 e. The number of rotatable bonds is 9. The predicted octanol–water partition coefficient (Wildman–Crippen LogP) is 3.46. The van der Waals surface area contributed by atoms with E-state index in [1.165, 1.54) is 18.2 Å². The van der Waals surface area contributed by atoms with Gasteiger partial charge in [0.25, 0.3) is 0 Å². The summed E-state index contributed by atoms with van der Waals surface area (Å²) in [6.45, 7) is 3.80. The second kappa shape index (κ2) is 9.40. The van der Waals surface area contributed by atoms with Gasteiger partial charge in [-0.2, -0.15) is 0 Å². The third-order valence-corrected chi connectivity index (χ3v) is 6.25. The van der Waals surface area contributed by atoms with Crippen LogP contribution in [0.5, 0.6) is 11.5 Å². The SMILES string of the molecule is CCOC(=O)c1oc2ccc(S(=O)(=O)NCCc3cc(OC)cc(OC)c3)cc2c1C. The molecule has 0 bridgehead atoms. The Labute approximate surface area is 181 Å². The number of nitrogens with one attached hydrogen (secondary N) is 1. The van der Waals surface area contributed by atoms with Crippen LogP contribution in [-0.2, 0) is 21.2 Å². The van der Waals surface area contributed by atoms with Gasteiger partial charge in [0.15, 0.2) is 0 Å². The summed E-state index contributed by atoms with van der Waals surface area (Å²) < 4.78 is 49.2. The van der Waals surface area contributed by atoms with E-state index in [-0.39, 0.29) is 23.8 Å². The number of esters is 1. The zero-order valence-electron chi connectivity index (χ0n) is 17.9. The number of carbonyl (C=O) groups excluding carboxylic acids is 1. The van der Waals surface area contributed by atoms with Crippen molar-refractivity contribution in [2.75, 3.05) is 27.4 Å². The molecule has 0 saturated carbocycles. The second-order valence-electron chi connectivity index (χ2n) is 6.80. The number of hydrogen-bond acceptors (Lipinski definition) is 7. The molecule has 0 aliphatic rings. The molecule has 1 N–H and O–H groups in total. The van der Waals surface area contributed by atoms with Crippen molar-refractivity contribution in [1.29, 1.82) is 0 Å². The van der Waals surface area contributed by atoms with E-state index in [1.807, 2.05) is 12.1 Å². The highest BCUT2D eigenvalue weighted by molar-refractivity contribution is 7.89. The van der Waals surface area contributed by atoms with Crippen LogP contribution >= 0.6 is 0 Å². The van der Waals surface area contributed by atoms with Crippen LogP contribution in [0, 0.1) is 6.92 Å². The van der Waals surface area contributed by atoms with Crippen LogP contribution in [0.25, 0.3) is 11.0 Å². The Hall–Kier alpha value is -3.04. The van der Waals surface area contributed by atoms with E-state index >= 15 is 0 Å². The highest BCUT2D eigenvalue weighted by Crippen LogP contribution is 2.28. The Morgan fingerprint density at radius 2 is 1.74 bits per heavy atom. The molecule has 9 heteroatoms. The number of methoxy groups -OCH3 is 2. The number of benzene rings is 2. The Morgan fingerprint density at radius 1 is 1.06 bits per heavy atom. The Balaban J connectivity index is 1.77. The molecule has 0 amide bonds. The summed E-state index contributed by atoms with van der Waals surface area (Å²) in [5, 5.41) is 0.545. The highest BCUT2D eigenvalue weighted by atomic mass is 32.2. The molecule has 0 saturated heterocycles. The number of fused-ring (bicyclic) bond motifs is 1. The summed E-state index contributed by atoms with van der Waals surface area (Å²) in [7, 11) is -0.645. The van der Waals surface area contributed by atoms with Gasteiger partial charge < -0.3 is 18.6 Å². The lowest BCUT2D eigenvalue weighted by atomic mass is 10.1. The molecule has 166 valence electrons. The van der Waals surface area contributed by atoms with Crippen molar-refractivity contribution in [3.63, 3.8) is 0 Å². The third kappa shape index (κ3) is 5.00. The summed E-state index contributed by atoms with van der Waals surface area (Å²) in [5.41, 5.74) is 1.83. The molecule has 3 aromatic rings. The van der Waals surface area contributed by atoms with E-state index in [0.717, 1.165) is 5.56 Å². The molecule has 2 aromatic carbocycles. The summed E-state index contributed by atoms with van der Waals surface area (Å²) in [6.07, 6.45) is 0.451. The molecule has 0 radical (unpaired) electrons. The molecule has 1 heterocycles. The number of furan rings is 1. The van der Waals surface area contributed by atoms with Gasteiger partial charge in [-0.25, -0.2) is 17.9 Å². The Kier molecular flexibility index (Phi) is 6.87. The molecule has 0 aliphatic heterocycles. The van der Waals surface area contributed by atoms with E-state index in [2.05, 4.69) is 4.72 Å². The monoisotopic (exact) mass is 447 g/mol. The first-order chi connectivity index (χ1) is 14.8. The number of aryl methyl sites for hydroxylation is 1. The normalized spacial score (nSPS) is 11.5. The molecule has 31 heavy (non-hydrogen) atoms. The van der Waals surface area contributed by atoms with Crippen molar-refractivity contribution in [2.45, 2.75) is 25.2 Å². The van der Waals surface area contributed by atoms with Crippen LogP contribution in [0.4, 0.5) is 0 Å². The molecule has 3 rings (SSSR count). The van der Waals surface area contributed by atoms with Crippen molar-refractivity contribution in [3.05, 3.63) is 53.3 Å². The van der Waals surface area contributed by atoms with Gasteiger partial charge in [-0.15, -0.1) is 0 Å². The van der Waals surface area contributed by atoms with Crippen LogP contribution in [-0.4, -0.2) is 41.8 Å². The molecular weight excluding hydrogens is 422 g/mol. The van der Waals surface area contributed by atoms with Gasteiger partial charge >= 0.3 is 5.97 Å². The third-order valence-electron chi connectivity index (χ3n) is 4.80. The maximum absolute atomic E-state index is 12.8. The molecule has 0 unspecified atom stereocenters. The van der Waals surface area contributed by atoms with Gasteiger partial charge in [0.2, 0.25) is 15.8 Å². The van der Waals surface area contributed by atoms with Gasteiger partial charge in [0.05, 0.1) is 25.7 Å². The van der Waals surface area contributed by atoms with E-state index in [1.54, 1.807) is 34.1 Å². The van der Waals surface area contributed by atoms with E-state index in [4.69, 9.17) is 18.6 Å². The summed E-state index contributed by atoms with van der Waals surface area (Å²) >= 11 is 0. The molecular formula is C22H25NO7S.